The Kier molecular flexibility index (Phi) is 6.41. The highest BCUT2D eigenvalue weighted by Gasteiger charge is 2.19. The van der Waals surface area contributed by atoms with Crippen molar-refractivity contribution in [2.75, 3.05) is 12.9 Å². The Bertz CT molecular complexity index is 856. The van der Waals surface area contributed by atoms with E-state index in [4.69, 9.17) is 27.9 Å². The molecule has 0 saturated carbocycles. The van der Waals surface area contributed by atoms with Gasteiger partial charge in [-0.15, -0.1) is 11.8 Å². The number of nitro benzene ring substituents is 1. The SMILES string of the molecule is CSc1ccc(C(=O)OCC(=O)c2ccc(Cl)c(Cl)c2)cc1[N+](=O)[O-]. The van der Waals surface area contributed by atoms with E-state index in [1.54, 1.807) is 6.26 Å². The molecule has 0 aliphatic carbocycles. The molecule has 0 aliphatic rings. The number of ether oxygens (including phenoxy) is 1. The highest BCUT2D eigenvalue weighted by atomic mass is 35.5. The predicted octanol–water partition coefficient (Wildman–Crippen LogP) is 4.66. The molecule has 0 radical (unpaired) electrons. The Morgan fingerprint density at radius 2 is 1.80 bits per heavy atom. The summed E-state index contributed by atoms with van der Waals surface area (Å²) in [6, 6.07) is 8.28. The number of benzene rings is 2. The average molecular weight is 400 g/mol. The molecule has 0 amide bonds. The van der Waals surface area contributed by atoms with Gasteiger partial charge in [0.05, 0.1) is 25.4 Å². The summed E-state index contributed by atoms with van der Waals surface area (Å²) in [4.78, 5) is 34.9. The number of ketones is 1. The van der Waals surface area contributed by atoms with Crippen LogP contribution >= 0.6 is 35.0 Å². The number of halogens is 2. The lowest BCUT2D eigenvalue weighted by Crippen LogP contribution is -2.14. The molecule has 0 heterocycles. The standard InChI is InChI=1S/C16H11Cl2NO5S/c1-25-15-5-3-10(7-13(15)19(22)23)16(21)24-8-14(20)9-2-4-11(17)12(18)6-9/h2-7H,8H2,1H3. The van der Waals surface area contributed by atoms with E-state index in [2.05, 4.69) is 0 Å². The van der Waals surface area contributed by atoms with Crippen molar-refractivity contribution in [3.63, 3.8) is 0 Å². The predicted molar refractivity (Wildman–Crippen MR) is 96.0 cm³/mol. The molecule has 2 aromatic carbocycles. The lowest BCUT2D eigenvalue weighted by molar-refractivity contribution is -0.387. The normalized spacial score (nSPS) is 10.4. The summed E-state index contributed by atoms with van der Waals surface area (Å²) in [5.74, 6) is -1.30. The van der Waals surface area contributed by atoms with E-state index in [0.717, 1.165) is 6.07 Å². The van der Waals surface area contributed by atoms with Gasteiger partial charge in [-0.05, 0) is 36.6 Å². The Balaban J connectivity index is 2.09. The molecule has 0 aromatic heterocycles. The Labute approximate surface area is 157 Å². The minimum atomic E-state index is -0.829. The Hall–Kier alpha value is -2.09. The number of carbonyl (C=O) groups excluding carboxylic acids is 2. The molecule has 25 heavy (non-hydrogen) atoms. The summed E-state index contributed by atoms with van der Waals surface area (Å²) in [5.41, 5.74) is 0.0371. The van der Waals surface area contributed by atoms with Crippen molar-refractivity contribution in [3.8, 4) is 0 Å². The van der Waals surface area contributed by atoms with Crippen molar-refractivity contribution in [2.45, 2.75) is 4.90 Å². The molecule has 0 bridgehead atoms. The molecule has 9 heteroatoms. The van der Waals surface area contributed by atoms with Crippen LogP contribution in [0.4, 0.5) is 5.69 Å². The van der Waals surface area contributed by atoms with Crippen molar-refractivity contribution < 1.29 is 19.2 Å². The molecular formula is C16H11Cl2NO5S. The smallest absolute Gasteiger partial charge is 0.338 e. The Morgan fingerprint density at radius 1 is 1.12 bits per heavy atom. The number of esters is 1. The number of hydrogen-bond acceptors (Lipinski definition) is 6. The fourth-order valence-corrected chi connectivity index (χ4v) is 2.77. The molecule has 0 aliphatic heterocycles. The summed E-state index contributed by atoms with van der Waals surface area (Å²) in [5, 5.41) is 11.5. The van der Waals surface area contributed by atoms with Gasteiger partial charge in [-0.3, -0.25) is 14.9 Å². The highest BCUT2D eigenvalue weighted by Crippen LogP contribution is 2.28. The fourth-order valence-electron chi connectivity index (χ4n) is 1.93. The summed E-state index contributed by atoms with van der Waals surface area (Å²) in [6.07, 6.45) is 1.69. The second kappa shape index (κ2) is 8.33. The topological polar surface area (TPSA) is 86.5 Å². The van der Waals surface area contributed by atoms with Crippen molar-refractivity contribution in [1.29, 1.82) is 0 Å². The first kappa shape index (κ1) is 19.2. The van der Waals surface area contributed by atoms with Crippen LogP contribution in [-0.4, -0.2) is 29.5 Å². The molecule has 0 saturated heterocycles. The lowest BCUT2D eigenvalue weighted by Gasteiger charge is -2.06. The molecule has 6 nitrogen and oxygen atoms in total. The largest absolute Gasteiger partial charge is 0.454 e. The first-order valence-electron chi connectivity index (χ1n) is 6.81. The van der Waals surface area contributed by atoms with E-state index in [1.807, 2.05) is 0 Å². The number of hydrogen-bond donors (Lipinski definition) is 0. The second-order valence-corrected chi connectivity index (χ2v) is 6.43. The van der Waals surface area contributed by atoms with E-state index in [9.17, 15) is 19.7 Å². The zero-order valence-corrected chi connectivity index (χ0v) is 15.2. The maximum atomic E-state index is 12.0. The quantitative estimate of drug-likeness (QED) is 0.230. The summed E-state index contributed by atoms with van der Waals surface area (Å²) >= 11 is 12.8. The minimum absolute atomic E-state index is 0.00793. The van der Waals surface area contributed by atoms with Gasteiger partial charge in [-0.25, -0.2) is 4.79 Å². The maximum Gasteiger partial charge on any atom is 0.338 e. The number of Topliss-reactive ketones (excluding diaryl/α,β-unsaturated/α-hetero) is 1. The second-order valence-electron chi connectivity index (χ2n) is 4.77. The van der Waals surface area contributed by atoms with Crippen LogP contribution in [0.15, 0.2) is 41.3 Å². The molecular weight excluding hydrogens is 389 g/mol. The highest BCUT2D eigenvalue weighted by molar-refractivity contribution is 7.98. The Morgan fingerprint density at radius 3 is 2.40 bits per heavy atom. The van der Waals surface area contributed by atoms with Crippen molar-refractivity contribution >= 4 is 52.4 Å². The number of nitrogens with zero attached hydrogens (tertiary/aromatic N) is 1. The monoisotopic (exact) mass is 399 g/mol. The number of thioether (sulfide) groups is 1. The average Bonchev–Trinajstić information content (AvgIpc) is 2.60. The zero-order chi connectivity index (χ0) is 18.6. The number of rotatable bonds is 6. The third kappa shape index (κ3) is 4.72. The molecule has 0 unspecified atom stereocenters. The van der Waals surface area contributed by atoms with Crippen LogP contribution in [0, 0.1) is 10.1 Å². The molecule has 0 fully saturated rings. The van der Waals surface area contributed by atoms with Crippen molar-refractivity contribution in [3.05, 3.63) is 67.7 Å². The molecule has 0 atom stereocenters. The van der Waals surface area contributed by atoms with Crippen LogP contribution in [0.3, 0.4) is 0 Å². The van der Waals surface area contributed by atoms with Gasteiger partial charge in [-0.1, -0.05) is 23.2 Å². The van der Waals surface area contributed by atoms with E-state index < -0.39 is 23.3 Å². The molecule has 2 aromatic rings. The minimum Gasteiger partial charge on any atom is -0.454 e. The third-order valence-corrected chi connectivity index (χ3v) is 4.71. The van der Waals surface area contributed by atoms with Gasteiger partial charge < -0.3 is 4.74 Å². The van der Waals surface area contributed by atoms with E-state index in [0.29, 0.717) is 9.92 Å². The van der Waals surface area contributed by atoms with Gasteiger partial charge in [0.15, 0.2) is 12.4 Å². The first-order valence-corrected chi connectivity index (χ1v) is 8.79. The molecule has 130 valence electrons. The number of nitro groups is 1. The first-order chi connectivity index (χ1) is 11.8. The zero-order valence-electron chi connectivity index (χ0n) is 12.8. The molecule has 0 spiro atoms. The van der Waals surface area contributed by atoms with Crippen LogP contribution in [0.1, 0.15) is 20.7 Å². The summed E-state index contributed by atoms with van der Waals surface area (Å²) in [6.45, 7) is -0.519. The van der Waals surface area contributed by atoms with Gasteiger partial charge in [0.2, 0.25) is 0 Å². The third-order valence-electron chi connectivity index (χ3n) is 3.19. The van der Waals surface area contributed by atoms with Crippen molar-refractivity contribution in [2.24, 2.45) is 0 Å². The van der Waals surface area contributed by atoms with Gasteiger partial charge in [0.1, 0.15) is 0 Å². The van der Waals surface area contributed by atoms with E-state index in [1.165, 1.54) is 42.1 Å². The van der Waals surface area contributed by atoms with Gasteiger partial charge in [0.25, 0.3) is 5.69 Å². The van der Waals surface area contributed by atoms with E-state index >= 15 is 0 Å². The van der Waals surface area contributed by atoms with E-state index in [-0.39, 0.29) is 21.8 Å². The van der Waals surface area contributed by atoms with Crippen LogP contribution < -0.4 is 0 Å². The van der Waals surface area contributed by atoms with Gasteiger partial charge in [-0.2, -0.15) is 0 Å². The van der Waals surface area contributed by atoms with Gasteiger partial charge in [0, 0.05) is 11.6 Å². The van der Waals surface area contributed by atoms with Crippen LogP contribution in [0.5, 0.6) is 0 Å². The summed E-state index contributed by atoms with van der Waals surface area (Å²) in [7, 11) is 0. The van der Waals surface area contributed by atoms with Crippen LogP contribution in [-0.2, 0) is 4.74 Å². The fraction of sp³-hybridized carbons (Fsp3) is 0.125. The van der Waals surface area contributed by atoms with Gasteiger partial charge >= 0.3 is 5.97 Å². The lowest BCUT2D eigenvalue weighted by atomic mass is 10.1. The molecule has 0 N–H and O–H groups in total. The van der Waals surface area contributed by atoms with Crippen molar-refractivity contribution in [1.82, 2.24) is 0 Å². The van der Waals surface area contributed by atoms with Crippen LogP contribution in [0.2, 0.25) is 10.0 Å². The summed E-state index contributed by atoms with van der Waals surface area (Å²) < 4.78 is 4.93. The maximum absolute atomic E-state index is 12.0. The van der Waals surface area contributed by atoms with Crippen LogP contribution in [0.25, 0.3) is 0 Å². The molecule has 2 rings (SSSR count). The number of carbonyl (C=O) groups is 2.